The molecule has 1 atom stereocenters. The van der Waals surface area contributed by atoms with Crippen LogP contribution in [0.1, 0.15) is 56.3 Å². The van der Waals surface area contributed by atoms with Gasteiger partial charge in [-0.05, 0) is 74.8 Å². The molecule has 0 saturated heterocycles. The quantitative estimate of drug-likeness (QED) is 0.742. The second-order valence-electron chi connectivity index (χ2n) is 9.85. The number of rotatable bonds is 4. The number of alkyl carbamates (subject to hydrolysis) is 1. The zero-order valence-corrected chi connectivity index (χ0v) is 18.9. The molecule has 1 heterocycles. The summed E-state index contributed by atoms with van der Waals surface area (Å²) in [6.45, 7) is 6.66. The van der Waals surface area contributed by atoms with E-state index in [9.17, 15) is 14.0 Å². The highest BCUT2D eigenvalue weighted by atomic mass is 19.1. The first-order chi connectivity index (χ1) is 15.2. The van der Waals surface area contributed by atoms with Crippen molar-refractivity contribution in [1.29, 1.82) is 0 Å². The molecule has 0 radical (unpaired) electrons. The lowest BCUT2D eigenvalue weighted by molar-refractivity contribution is -0.142. The number of carbonyl (C=O) groups is 2. The minimum Gasteiger partial charge on any atom is -0.444 e. The van der Waals surface area contributed by atoms with Crippen molar-refractivity contribution in [2.75, 3.05) is 13.1 Å². The molecule has 0 unspecified atom stereocenters. The minimum absolute atomic E-state index is 0.0475. The molecule has 1 aliphatic heterocycles. The SMILES string of the molecule is CC(C)(C)OC(=O)NCC1CC(C(=O)N2CCc3ccccc3[C@@H]2c2ccc(F)cc2)C1. The number of nitrogens with one attached hydrogen (secondary N) is 1. The van der Waals surface area contributed by atoms with Gasteiger partial charge in [0, 0.05) is 19.0 Å². The topological polar surface area (TPSA) is 58.6 Å². The number of carbonyl (C=O) groups excluding carboxylic acids is 2. The fourth-order valence-corrected chi connectivity index (χ4v) is 4.69. The molecule has 1 aliphatic carbocycles. The van der Waals surface area contributed by atoms with Crippen molar-refractivity contribution in [2.24, 2.45) is 11.8 Å². The van der Waals surface area contributed by atoms with Crippen molar-refractivity contribution >= 4 is 12.0 Å². The Kier molecular flexibility index (Phi) is 6.22. The van der Waals surface area contributed by atoms with Gasteiger partial charge in [-0.25, -0.2) is 9.18 Å². The molecule has 1 fully saturated rings. The second kappa shape index (κ2) is 8.93. The first-order valence-corrected chi connectivity index (χ1v) is 11.3. The van der Waals surface area contributed by atoms with Gasteiger partial charge >= 0.3 is 6.09 Å². The van der Waals surface area contributed by atoms with Crippen LogP contribution in [0.25, 0.3) is 0 Å². The molecule has 2 amide bonds. The molecule has 1 N–H and O–H groups in total. The molecule has 2 aromatic rings. The standard InChI is InChI=1S/C26H31FN2O3/c1-26(2,3)32-25(31)28-16-17-14-20(15-17)24(30)29-13-12-18-6-4-5-7-22(18)23(29)19-8-10-21(27)11-9-19/h4-11,17,20,23H,12-16H2,1-3H3,(H,28,31)/t17?,20?,23-/m0/s1. The van der Waals surface area contributed by atoms with Crippen LogP contribution in [0, 0.1) is 17.7 Å². The van der Waals surface area contributed by atoms with Crippen LogP contribution in [0.5, 0.6) is 0 Å². The number of ether oxygens (including phenoxy) is 1. The van der Waals surface area contributed by atoms with Crippen molar-refractivity contribution in [1.82, 2.24) is 10.2 Å². The predicted molar refractivity (Wildman–Crippen MR) is 121 cm³/mol. The molecule has 6 heteroatoms. The van der Waals surface area contributed by atoms with E-state index in [1.807, 2.05) is 37.8 Å². The van der Waals surface area contributed by atoms with Crippen molar-refractivity contribution in [3.63, 3.8) is 0 Å². The van der Waals surface area contributed by atoms with Gasteiger partial charge < -0.3 is 15.0 Å². The van der Waals surface area contributed by atoms with Gasteiger partial charge in [0.15, 0.2) is 0 Å². The van der Waals surface area contributed by atoms with Crippen LogP contribution in [0.3, 0.4) is 0 Å². The summed E-state index contributed by atoms with van der Waals surface area (Å²) < 4.78 is 18.8. The fraction of sp³-hybridized carbons (Fsp3) is 0.462. The van der Waals surface area contributed by atoms with Crippen LogP contribution in [0.15, 0.2) is 48.5 Å². The molecule has 0 spiro atoms. The van der Waals surface area contributed by atoms with Crippen LogP contribution < -0.4 is 5.32 Å². The maximum absolute atomic E-state index is 13.5. The van der Waals surface area contributed by atoms with Gasteiger partial charge in [-0.1, -0.05) is 36.4 Å². The van der Waals surface area contributed by atoms with Crippen molar-refractivity contribution in [3.8, 4) is 0 Å². The average Bonchev–Trinajstić information content (AvgIpc) is 2.71. The Morgan fingerprint density at radius 2 is 1.78 bits per heavy atom. The third kappa shape index (κ3) is 4.95. The van der Waals surface area contributed by atoms with Gasteiger partial charge in [0.1, 0.15) is 11.4 Å². The number of fused-ring (bicyclic) bond motifs is 1. The van der Waals surface area contributed by atoms with E-state index in [2.05, 4.69) is 17.4 Å². The molecule has 32 heavy (non-hydrogen) atoms. The maximum Gasteiger partial charge on any atom is 0.407 e. The normalized spacial score (nSPS) is 22.5. The van der Waals surface area contributed by atoms with Gasteiger partial charge in [-0.15, -0.1) is 0 Å². The Balaban J connectivity index is 1.42. The summed E-state index contributed by atoms with van der Waals surface area (Å²) in [5.74, 6) is 0.0869. The van der Waals surface area contributed by atoms with Crippen LogP contribution >= 0.6 is 0 Å². The van der Waals surface area contributed by atoms with Crippen LogP contribution in [0.2, 0.25) is 0 Å². The highest BCUT2D eigenvalue weighted by molar-refractivity contribution is 5.81. The van der Waals surface area contributed by atoms with Crippen molar-refractivity contribution in [2.45, 2.75) is 51.7 Å². The number of nitrogens with zero attached hydrogens (tertiary/aromatic N) is 1. The molecule has 0 bridgehead atoms. The summed E-state index contributed by atoms with van der Waals surface area (Å²) in [5, 5.41) is 2.81. The summed E-state index contributed by atoms with van der Waals surface area (Å²) in [6.07, 6.45) is 1.90. The van der Waals surface area contributed by atoms with Crippen molar-refractivity contribution in [3.05, 3.63) is 71.0 Å². The lowest BCUT2D eigenvalue weighted by Crippen LogP contribution is -2.48. The summed E-state index contributed by atoms with van der Waals surface area (Å²) >= 11 is 0. The summed E-state index contributed by atoms with van der Waals surface area (Å²) in [4.78, 5) is 27.3. The van der Waals surface area contributed by atoms with E-state index in [1.165, 1.54) is 17.7 Å². The Bertz CT molecular complexity index is 977. The highest BCUT2D eigenvalue weighted by Crippen LogP contribution is 2.40. The van der Waals surface area contributed by atoms with Crippen LogP contribution in [-0.4, -0.2) is 35.6 Å². The molecule has 2 aromatic carbocycles. The van der Waals surface area contributed by atoms with E-state index in [-0.39, 0.29) is 29.6 Å². The molecular weight excluding hydrogens is 407 g/mol. The lowest BCUT2D eigenvalue weighted by atomic mass is 9.73. The monoisotopic (exact) mass is 438 g/mol. The summed E-state index contributed by atoms with van der Waals surface area (Å²) in [7, 11) is 0. The Morgan fingerprint density at radius 1 is 1.09 bits per heavy atom. The predicted octanol–water partition coefficient (Wildman–Crippen LogP) is 4.85. The first kappa shape index (κ1) is 22.3. The fourth-order valence-electron chi connectivity index (χ4n) is 4.69. The highest BCUT2D eigenvalue weighted by Gasteiger charge is 2.41. The number of hydrogen-bond donors (Lipinski definition) is 1. The van der Waals surface area contributed by atoms with Gasteiger partial charge in [-0.2, -0.15) is 0 Å². The third-order valence-electron chi connectivity index (χ3n) is 6.27. The number of hydrogen-bond acceptors (Lipinski definition) is 3. The first-order valence-electron chi connectivity index (χ1n) is 11.3. The molecule has 4 rings (SSSR count). The average molecular weight is 439 g/mol. The van der Waals surface area contributed by atoms with Gasteiger partial charge in [0.25, 0.3) is 0 Å². The smallest absolute Gasteiger partial charge is 0.407 e. The Labute approximate surface area is 188 Å². The van der Waals surface area contributed by atoms with E-state index in [0.717, 1.165) is 30.4 Å². The summed E-state index contributed by atoms with van der Waals surface area (Å²) in [5.41, 5.74) is 2.75. The molecular formula is C26H31FN2O3. The van der Waals surface area contributed by atoms with Crippen LogP contribution in [-0.2, 0) is 16.0 Å². The maximum atomic E-state index is 13.5. The van der Waals surface area contributed by atoms with E-state index in [4.69, 9.17) is 4.74 Å². The second-order valence-corrected chi connectivity index (χ2v) is 9.85. The van der Waals surface area contributed by atoms with E-state index >= 15 is 0 Å². The largest absolute Gasteiger partial charge is 0.444 e. The van der Waals surface area contributed by atoms with E-state index in [1.54, 1.807) is 12.1 Å². The Morgan fingerprint density at radius 3 is 2.47 bits per heavy atom. The van der Waals surface area contributed by atoms with E-state index in [0.29, 0.717) is 13.1 Å². The zero-order valence-electron chi connectivity index (χ0n) is 18.9. The number of benzene rings is 2. The molecule has 5 nitrogen and oxygen atoms in total. The van der Waals surface area contributed by atoms with Crippen LogP contribution in [0.4, 0.5) is 9.18 Å². The van der Waals surface area contributed by atoms with Gasteiger partial charge in [-0.3, -0.25) is 4.79 Å². The number of amides is 2. The van der Waals surface area contributed by atoms with Crippen molar-refractivity contribution < 1.29 is 18.7 Å². The van der Waals surface area contributed by atoms with Gasteiger partial charge in [0.2, 0.25) is 5.91 Å². The summed E-state index contributed by atoms with van der Waals surface area (Å²) in [6, 6.07) is 14.4. The zero-order chi connectivity index (χ0) is 22.9. The molecule has 170 valence electrons. The van der Waals surface area contributed by atoms with Gasteiger partial charge in [0.05, 0.1) is 6.04 Å². The number of halogens is 1. The molecule has 1 saturated carbocycles. The molecule has 0 aromatic heterocycles. The van der Waals surface area contributed by atoms with E-state index < -0.39 is 11.7 Å². The third-order valence-corrected chi connectivity index (χ3v) is 6.27. The minimum atomic E-state index is -0.526. The Hall–Kier alpha value is -2.89. The molecule has 2 aliphatic rings. The lowest BCUT2D eigenvalue weighted by Gasteiger charge is -2.43.